The van der Waals surface area contributed by atoms with E-state index >= 15 is 0 Å². The summed E-state index contributed by atoms with van der Waals surface area (Å²) in [6.07, 6.45) is 4.20. The van der Waals surface area contributed by atoms with Crippen molar-refractivity contribution in [3.63, 3.8) is 0 Å². The van der Waals surface area contributed by atoms with E-state index in [0.29, 0.717) is 5.69 Å². The van der Waals surface area contributed by atoms with E-state index in [2.05, 4.69) is 35.2 Å². The lowest BCUT2D eigenvalue weighted by atomic mass is 10.3. The smallest absolute Gasteiger partial charge is 0.339 e. The quantitative estimate of drug-likeness (QED) is 0.606. The molecular formula is C13H11N7O3S. The molecule has 0 atom stereocenters. The van der Waals surface area contributed by atoms with Gasteiger partial charge in [0.15, 0.2) is 5.82 Å². The Morgan fingerprint density at radius 3 is 2.42 bits per heavy atom. The molecule has 24 heavy (non-hydrogen) atoms. The van der Waals surface area contributed by atoms with E-state index in [1.165, 1.54) is 42.9 Å². The molecule has 0 unspecified atom stereocenters. The van der Waals surface area contributed by atoms with Crippen LogP contribution in [0.4, 0.5) is 17.5 Å². The molecule has 0 aliphatic heterocycles. The molecule has 0 aliphatic carbocycles. The van der Waals surface area contributed by atoms with Crippen LogP contribution in [0.2, 0.25) is 0 Å². The van der Waals surface area contributed by atoms with Gasteiger partial charge in [-0.25, -0.2) is 33.0 Å². The van der Waals surface area contributed by atoms with Crippen LogP contribution in [0.5, 0.6) is 0 Å². The van der Waals surface area contributed by atoms with Crippen molar-refractivity contribution in [2.24, 2.45) is 0 Å². The van der Waals surface area contributed by atoms with Crippen LogP contribution in [0.3, 0.4) is 0 Å². The van der Waals surface area contributed by atoms with Gasteiger partial charge in [-0.15, -0.1) is 0 Å². The van der Waals surface area contributed by atoms with Crippen LogP contribution in [0.1, 0.15) is 0 Å². The van der Waals surface area contributed by atoms with Crippen LogP contribution in [-0.2, 0) is 10.0 Å². The van der Waals surface area contributed by atoms with Crippen molar-refractivity contribution in [2.45, 2.75) is 4.90 Å². The molecule has 0 spiro atoms. The van der Waals surface area contributed by atoms with Gasteiger partial charge in [0.25, 0.3) is 10.0 Å². The fourth-order valence-electron chi connectivity index (χ4n) is 1.77. The number of nitrogens with zero attached hydrogens (tertiary/aromatic N) is 4. The molecule has 10 nitrogen and oxygen atoms in total. The summed E-state index contributed by atoms with van der Waals surface area (Å²) in [5.41, 5.74) is -0.0453. The van der Waals surface area contributed by atoms with Crippen molar-refractivity contribution in [3.8, 4) is 0 Å². The number of H-pyrrole nitrogens is 1. The summed E-state index contributed by atoms with van der Waals surface area (Å²) < 4.78 is 26.7. The van der Waals surface area contributed by atoms with Gasteiger partial charge in [-0.2, -0.15) is 10.1 Å². The maximum absolute atomic E-state index is 12.2. The largest absolute Gasteiger partial charge is 0.363 e. The van der Waals surface area contributed by atoms with Crippen LogP contribution in [-0.4, -0.2) is 33.6 Å². The highest BCUT2D eigenvalue weighted by molar-refractivity contribution is 7.92. The van der Waals surface area contributed by atoms with E-state index in [1.807, 2.05) is 0 Å². The maximum Gasteiger partial charge on any atom is 0.363 e. The van der Waals surface area contributed by atoms with Crippen molar-refractivity contribution in [2.75, 3.05) is 10.0 Å². The molecule has 0 amide bonds. The van der Waals surface area contributed by atoms with Gasteiger partial charge in [-0.05, 0) is 30.3 Å². The van der Waals surface area contributed by atoms with Gasteiger partial charge in [0.05, 0.1) is 11.1 Å². The van der Waals surface area contributed by atoms with Crippen LogP contribution >= 0.6 is 0 Å². The highest BCUT2D eigenvalue weighted by atomic mass is 32.2. The number of sulfonamides is 1. The first-order valence-electron chi connectivity index (χ1n) is 6.62. The van der Waals surface area contributed by atoms with E-state index in [4.69, 9.17) is 0 Å². The first-order valence-corrected chi connectivity index (χ1v) is 8.10. The lowest BCUT2D eigenvalue weighted by Crippen LogP contribution is -2.15. The number of aromatic amines is 1. The summed E-state index contributed by atoms with van der Waals surface area (Å²) in [6, 6.07) is 7.44. The Labute approximate surface area is 136 Å². The number of nitrogens with one attached hydrogen (secondary N) is 3. The zero-order valence-electron chi connectivity index (χ0n) is 12.0. The monoisotopic (exact) mass is 345 g/mol. The Morgan fingerprint density at radius 2 is 1.75 bits per heavy atom. The third-order valence-corrected chi connectivity index (χ3v) is 4.14. The lowest BCUT2D eigenvalue weighted by molar-refractivity contribution is 0.601. The summed E-state index contributed by atoms with van der Waals surface area (Å²) in [6.45, 7) is 0. The Balaban J connectivity index is 1.77. The number of hydrogen-bond donors (Lipinski definition) is 3. The van der Waals surface area contributed by atoms with Crippen molar-refractivity contribution >= 4 is 27.5 Å². The zero-order valence-corrected chi connectivity index (χ0v) is 12.9. The third kappa shape index (κ3) is 3.70. The molecule has 0 saturated heterocycles. The SMILES string of the molecule is O=c1nc(Nc2ccc(S(=O)(=O)Nc3ncccn3)cc2)cn[nH]1. The summed E-state index contributed by atoms with van der Waals surface area (Å²) in [7, 11) is -3.80. The first-order chi connectivity index (χ1) is 11.5. The third-order valence-electron chi connectivity index (χ3n) is 2.80. The molecule has 3 N–H and O–H groups in total. The Hall–Kier alpha value is -3.34. The topological polar surface area (TPSA) is 143 Å². The number of anilines is 3. The summed E-state index contributed by atoms with van der Waals surface area (Å²) >= 11 is 0. The van der Waals surface area contributed by atoms with Gasteiger partial charge >= 0.3 is 5.69 Å². The second-order valence-corrected chi connectivity index (χ2v) is 6.18. The number of hydrogen-bond acceptors (Lipinski definition) is 8. The molecule has 2 aromatic heterocycles. The van der Waals surface area contributed by atoms with Crippen LogP contribution in [0.15, 0.2) is 58.6 Å². The van der Waals surface area contributed by atoms with Crippen molar-refractivity contribution in [3.05, 3.63) is 59.4 Å². The van der Waals surface area contributed by atoms with E-state index in [9.17, 15) is 13.2 Å². The van der Waals surface area contributed by atoms with Crippen molar-refractivity contribution in [1.29, 1.82) is 0 Å². The summed E-state index contributed by atoms with van der Waals surface area (Å²) in [4.78, 5) is 22.4. The van der Waals surface area contributed by atoms with E-state index in [1.54, 1.807) is 6.07 Å². The first kappa shape index (κ1) is 15.6. The van der Waals surface area contributed by atoms with Gasteiger partial charge in [-0.3, -0.25) is 0 Å². The number of rotatable bonds is 5. The predicted molar refractivity (Wildman–Crippen MR) is 85.2 cm³/mol. The standard InChI is InChI=1S/C13H11N7O3S/c21-13-18-11(8-16-19-13)17-9-2-4-10(5-3-9)24(22,23)20-12-14-6-1-7-15-12/h1-8H,(H,14,15,20)(H2,17,18,19,21). The van der Waals surface area contributed by atoms with E-state index in [-0.39, 0.29) is 16.7 Å². The fraction of sp³-hybridized carbons (Fsp3) is 0. The van der Waals surface area contributed by atoms with E-state index < -0.39 is 15.7 Å². The second-order valence-electron chi connectivity index (χ2n) is 4.50. The average molecular weight is 345 g/mol. The molecular weight excluding hydrogens is 334 g/mol. The zero-order chi connectivity index (χ0) is 17.0. The molecule has 0 bridgehead atoms. The Bertz CT molecular complexity index is 988. The maximum atomic E-state index is 12.2. The Kier molecular flexibility index (Phi) is 4.16. The molecule has 1 aromatic carbocycles. The minimum absolute atomic E-state index is 0.0153. The highest BCUT2D eigenvalue weighted by Gasteiger charge is 2.15. The van der Waals surface area contributed by atoms with E-state index in [0.717, 1.165) is 0 Å². The normalized spacial score (nSPS) is 11.0. The average Bonchev–Trinajstić information content (AvgIpc) is 2.56. The Morgan fingerprint density at radius 1 is 1.04 bits per heavy atom. The molecule has 3 aromatic rings. The second kappa shape index (κ2) is 6.42. The van der Waals surface area contributed by atoms with Gasteiger partial charge in [0.1, 0.15) is 0 Å². The molecule has 3 rings (SSSR count). The van der Waals surface area contributed by atoms with Crippen molar-refractivity contribution < 1.29 is 8.42 Å². The van der Waals surface area contributed by atoms with Crippen LogP contribution in [0, 0.1) is 0 Å². The molecule has 0 aliphatic rings. The summed E-state index contributed by atoms with van der Waals surface area (Å²) in [5, 5.41) is 8.59. The molecule has 0 saturated carbocycles. The lowest BCUT2D eigenvalue weighted by Gasteiger charge is -2.08. The fourth-order valence-corrected chi connectivity index (χ4v) is 2.73. The van der Waals surface area contributed by atoms with Gasteiger partial charge in [0.2, 0.25) is 5.95 Å². The highest BCUT2D eigenvalue weighted by Crippen LogP contribution is 2.18. The van der Waals surface area contributed by atoms with Gasteiger partial charge < -0.3 is 5.32 Å². The van der Waals surface area contributed by atoms with Gasteiger partial charge in [-0.1, -0.05) is 0 Å². The van der Waals surface area contributed by atoms with Crippen molar-refractivity contribution in [1.82, 2.24) is 25.1 Å². The molecule has 0 radical (unpaired) electrons. The molecule has 0 fully saturated rings. The molecule has 11 heteroatoms. The number of aromatic nitrogens is 5. The molecule has 2 heterocycles. The molecule has 122 valence electrons. The minimum Gasteiger partial charge on any atom is -0.339 e. The summed E-state index contributed by atoms with van der Waals surface area (Å²) in [5.74, 6) is 0.226. The van der Waals surface area contributed by atoms with Crippen LogP contribution < -0.4 is 15.7 Å². The number of benzene rings is 1. The van der Waals surface area contributed by atoms with Gasteiger partial charge in [0, 0.05) is 18.1 Å². The predicted octanol–water partition coefficient (Wildman–Crippen LogP) is 0.499. The minimum atomic E-state index is -3.80. The van der Waals surface area contributed by atoms with Crippen LogP contribution in [0.25, 0.3) is 0 Å².